The SMILES string of the molecule is C[C@H]1OC(=O)N(C(=O)OC(C)(C)C)[C@@H]1C(=O)N1C(=O)O[C@H](C)[C@H]1C(=O)N1C(=O)O[C@H](C)[C@H]1C(=O)N1C(=O)O[C@H](C)[C@H]1C(=O)N1C(=O)O[C@H](C)[C@H]1C(=O)OCc1ccccc1. The zero-order valence-corrected chi connectivity index (χ0v) is 33.5. The van der Waals surface area contributed by atoms with Crippen LogP contribution >= 0.6 is 0 Å². The van der Waals surface area contributed by atoms with Crippen molar-refractivity contribution in [3.05, 3.63) is 35.9 Å². The van der Waals surface area contributed by atoms with Crippen LogP contribution in [0.15, 0.2) is 30.3 Å². The highest BCUT2D eigenvalue weighted by Crippen LogP contribution is 2.34. The fourth-order valence-corrected chi connectivity index (χ4v) is 7.35. The van der Waals surface area contributed by atoms with Gasteiger partial charge in [0.15, 0.2) is 30.2 Å². The molecule has 0 N–H and O–H groups in total. The van der Waals surface area contributed by atoms with Crippen LogP contribution in [0.25, 0.3) is 0 Å². The molecule has 0 spiro atoms. The van der Waals surface area contributed by atoms with Gasteiger partial charge in [0, 0.05) is 0 Å². The van der Waals surface area contributed by atoms with Crippen LogP contribution in [0.2, 0.25) is 0 Å². The van der Waals surface area contributed by atoms with Gasteiger partial charge < -0.3 is 33.2 Å². The molecular formula is C37H41N5O18. The summed E-state index contributed by atoms with van der Waals surface area (Å²) >= 11 is 0. The lowest BCUT2D eigenvalue weighted by atomic mass is 10.0. The molecule has 1 aromatic carbocycles. The average molecular weight is 844 g/mol. The average Bonchev–Trinajstić information content (AvgIpc) is 3.90. The molecule has 5 fully saturated rings. The van der Waals surface area contributed by atoms with E-state index < -0.39 is 132 Å². The van der Waals surface area contributed by atoms with Crippen LogP contribution in [0.4, 0.5) is 28.8 Å². The first kappa shape index (κ1) is 42.8. The molecule has 0 aliphatic carbocycles. The van der Waals surface area contributed by atoms with E-state index in [1.165, 1.54) is 48.5 Å². The number of benzene rings is 1. The molecule has 5 aliphatic rings. The number of imide groups is 5. The minimum atomic E-state index is -2.08. The van der Waals surface area contributed by atoms with Crippen molar-refractivity contribution in [3.63, 3.8) is 0 Å². The third kappa shape index (κ3) is 7.49. The molecule has 0 saturated carbocycles. The maximum absolute atomic E-state index is 14.5. The quantitative estimate of drug-likeness (QED) is 0.280. The van der Waals surface area contributed by atoms with E-state index >= 15 is 0 Å². The van der Waals surface area contributed by atoms with Crippen molar-refractivity contribution < 1.29 is 85.9 Å². The Morgan fingerprint density at radius 1 is 0.500 bits per heavy atom. The number of hydrogen-bond acceptors (Lipinski definition) is 18. The second-order valence-corrected chi connectivity index (χ2v) is 15.4. The topological polar surface area (TPSA) is 269 Å². The number of nitrogens with zero attached hydrogens (tertiary/aromatic N) is 5. The Balaban J connectivity index is 1.27. The summed E-state index contributed by atoms with van der Waals surface area (Å²) < 4.78 is 36.4. The van der Waals surface area contributed by atoms with E-state index in [1.807, 2.05) is 0 Å². The van der Waals surface area contributed by atoms with E-state index in [-0.39, 0.29) is 21.3 Å². The van der Waals surface area contributed by atoms with Crippen LogP contribution in [0.5, 0.6) is 0 Å². The van der Waals surface area contributed by atoms with Gasteiger partial charge in [-0.2, -0.15) is 4.90 Å². The first-order valence-electron chi connectivity index (χ1n) is 18.6. The molecule has 6 rings (SSSR count). The number of esters is 1. The van der Waals surface area contributed by atoms with Gasteiger partial charge in [0.1, 0.15) is 42.7 Å². The van der Waals surface area contributed by atoms with Crippen LogP contribution in [0.3, 0.4) is 0 Å². The number of cyclic esters (lactones) is 5. The maximum atomic E-state index is 14.5. The third-order valence-corrected chi connectivity index (χ3v) is 10.0. The summed E-state index contributed by atoms with van der Waals surface area (Å²) in [5.74, 6) is -6.61. The minimum Gasteiger partial charge on any atom is -0.459 e. The molecule has 60 heavy (non-hydrogen) atoms. The fourth-order valence-electron chi connectivity index (χ4n) is 7.35. The molecule has 0 unspecified atom stereocenters. The molecule has 5 heterocycles. The highest BCUT2D eigenvalue weighted by atomic mass is 16.6. The molecule has 1 aromatic rings. The van der Waals surface area contributed by atoms with Crippen LogP contribution in [-0.2, 0) is 63.7 Å². The van der Waals surface area contributed by atoms with E-state index in [1.54, 1.807) is 30.3 Å². The van der Waals surface area contributed by atoms with Crippen LogP contribution in [-0.4, -0.2) is 157 Å². The predicted octanol–water partition coefficient (Wildman–Crippen LogP) is 1.82. The zero-order chi connectivity index (χ0) is 44.3. The predicted molar refractivity (Wildman–Crippen MR) is 190 cm³/mol. The highest BCUT2D eigenvalue weighted by Gasteiger charge is 2.63. The smallest absolute Gasteiger partial charge is 0.420 e. The Morgan fingerprint density at radius 2 is 0.800 bits per heavy atom. The fraction of sp³-hybridized carbons (Fsp3) is 0.541. The van der Waals surface area contributed by atoms with Gasteiger partial charge in [-0.3, -0.25) is 19.2 Å². The second kappa shape index (κ2) is 15.7. The van der Waals surface area contributed by atoms with Gasteiger partial charge in [0.25, 0.3) is 23.6 Å². The van der Waals surface area contributed by atoms with Gasteiger partial charge in [-0.25, -0.2) is 53.2 Å². The Hall–Kier alpha value is -6.81. The molecular weight excluding hydrogens is 802 g/mol. The molecule has 10 amide bonds. The number of ether oxygens (including phenoxy) is 7. The summed E-state index contributed by atoms with van der Waals surface area (Å²) in [6.45, 7) is 10.3. The zero-order valence-electron chi connectivity index (χ0n) is 33.5. The lowest BCUT2D eigenvalue weighted by molar-refractivity contribution is -0.156. The van der Waals surface area contributed by atoms with Crippen molar-refractivity contribution >= 4 is 66.2 Å². The van der Waals surface area contributed by atoms with Crippen molar-refractivity contribution in [1.29, 1.82) is 0 Å². The normalized spacial score (nSPS) is 30.1. The number of hydrogen-bond donors (Lipinski definition) is 0. The summed E-state index contributed by atoms with van der Waals surface area (Å²) in [6.07, 6.45) is -15.5. The van der Waals surface area contributed by atoms with E-state index in [9.17, 15) is 52.7 Å². The van der Waals surface area contributed by atoms with Crippen molar-refractivity contribution in [2.24, 2.45) is 0 Å². The number of rotatable bonds is 7. The summed E-state index contributed by atoms with van der Waals surface area (Å²) in [6, 6.07) is -1.22. The summed E-state index contributed by atoms with van der Waals surface area (Å²) in [5.41, 5.74) is -0.570. The highest BCUT2D eigenvalue weighted by molar-refractivity contribution is 6.12. The monoisotopic (exact) mass is 843 g/mol. The van der Waals surface area contributed by atoms with Crippen molar-refractivity contribution in [3.8, 4) is 0 Å². The maximum Gasteiger partial charge on any atom is 0.420 e. The van der Waals surface area contributed by atoms with E-state index in [4.69, 9.17) is 33.2 Å². The Kier molecular flexibility index (Phi) is 11.2. The van der Waals surface area contributed by atoms with E-state index in [0.717, 1.165) is 6.92 Å². The van der Waals surface area contributed by atoms with Gasteiger partial charge in [0.05, 0.1) is 0 Å². The molecule has 322 valence electrons. The lowest BCUT2D eigenvalue weighted by Gasteiger charge is -2.32. The summed E-state index contributed by atoms with van der Waals surface area (Å²) in [5, 5.41) is 0. The minimum absolute atomic E-state index is 0.218. The van der Waals surface area contributed by atoms with Gasteiger partial charge >= 0.3 is 42.5 Å². The Labute approximate surface area is 340 Å². The molecule has 10 atom stereocenters. The van der Waals surface area contributed by atoms with Gasteiger partial charge in [-0.15, -0.1) is 0 Å². The van der Waals surface area contributed by atoms with E-state index in [2.05, 4.69) is 0 Å². The Morgan fingerprint density at radius 3 is 1.15 bits per heavy atom. The second-order valence-electron chi connectivity index (χ2n) is 15.4. The van der Waals surface area contributed by atoms with Crippen LogP contribution in [0.1, 0.15) is 61.0 Å². The molecule has 23 heteroatoms. The van der Waals surface area contributed by atoms with E-state index in [0.29, 0.717) is 15.4 Å². The van der Waals surface area contributed by atoms with Gasteiger partial charge in [0.2, 0.25) is 0 Å². The number of carbonyl (C=O) groups excluding carboxylic acids is 11. The van der Waals surface area contributed by atoms with Gasteiger partial charge in [-0.05, 0) is 61.0 Å². The largest absolute Gasteiger partial charge is 0.459 e. The molecule has 23 nitrogen and oxygen atoms in total. The first-order chi connectivity index (χ1) is 28.0. The van der Waals surface area contributed by atoms with Gasteiger partial charge in [-0.1, -0.05) is 30.3 Å². The van der Waals surface area contributed by atoms with Crippen LogP contribution < -0.4 is 0 Å². The first-order valence-corrected chi connectivity index (χ1v) is 18.6. The summed E-state index contributed by atoms with van der Waals surface area (Å²) in [4.78, 5) is 151. The molecule has 0 radical (unpaired) electrons. The molecule has 0 aromatic heterocycles. The lowest BCUT2D eigenvalue weighted by Crippen LogP contribution is -2.63. The number of amides is 10. The molecule has 0 bridgehead atoms. The number of carbonyl (C=O) groups is 11. The standard InChI is InChI=1S/C37H41N5O18/c1-15-21(26(43)39-23(17(3)57-32(39)49)28(45)41-25(19(5)59-34(41)51)30(47)54-14-20-12-10-9-11-13-20)38(31(48)55-15)27(44)22-16(2)56-33(50)40(22)29(46)24-18(4)58-35(52)42(24)36(53)60-37(6,7)8/h9-13,15-19,21-25H,14H2,1-8H3/t15-,16-,17-,18-,19-,21+,22+,23+,24+,25+/m1/s1. The molecule has 5 saturated heterocycles. The Bertz CT molecular complexity index is 2050. The van der Waals surface area contributed by atoms with Crippen molar-refractivity contribution in [1.82, 2.24) is 24.5 Å². The third-order valence-electron chi connectivity index (χ3n) is 10.0. The van der Waals surface area contributed by atoms with Crippen LogP contribution in [0, 0.1) is 0 Å². The molecule has 5 aliphatic heterocycles. The summed E-state index contributed by atoms with van der Waals surface area (Å²) in [7, 11) is 0. The van der Waals surface area contributed by atoms with Crippen molar-refractivity contribution in [2.45, 2.75) is 128 Å². The van der Waals surface area contributed by atoms with Crippen molar-refractivity contribution in [2.75, 3.05) is 0 Å².